The molecule has 0 saturated heterocycles. The summed E-state index contributed by atoms with van der Waals surface area (Å²) in [5.41, 5.74) is 4.69. The molecule has 1 fully saturated rings. The first-order chi connectivity index (χ1) is 17.0. The van der Waals surface area contributed by atoms with E-state index in [9.17, 15) is 0 Å². The van der Waals surface area contributed by atoms with Crippen molar-refractivity contribution in [3.63, 3.8) is 0 Å². The molecule has 1 saturated carbocycles. The van der Waals surface area contributed by atoms with Gasteiger partial charge >= 0.3 is 0 Å². The molecule has 7 nitrogen and oxygen atoms in total. The minimum Gasteiger partial charge on any atom is -0.490 e. The number of ether oxygens (including phenoxy) is 1. The van der Waals surface area contributed by atoms with Crippen LogP contribution in [-0.4, -0.2) is 50.9 Å². The third-order valence-electron chi connectivity index (χ3n) is 6.32. The molecular formula is C28H41N5O2. The van der Waals surface area contributed by atoms with Crippen molar-refractivity contribution in [2.75, 3.05) is 51.3 Å². The summed E-state index contributed by atoms with van der Waals surface area (Å²) in [7, 11) is 5.59. The van der Waals surface area contributed by atoms with Gasteiger partial charge in [0.05, 0.1) is 12.6 Å². The summed E-state index contributed by atoms with van der Waals surface area (Å²) in [6, 6.07) is 15.9. The molecule has 4 rings (SSSR count). The van der Waals surface area contributed by atoms with Gasteiger partial charge in [-0.25, -0.2) is 9.97 Å². The Bertz CT molecular complexity index is 1030. The van der Waals surface area contributed by atoms with Crippen molar-refractivity contribution >= 4 is 22.4 Å². The number of aryl methyl sites for hydroxylation is 1. The van der Waals surface area contributed by atoms with E-state index in [1.165, 1.54) is 25.7 Å². The summed E-state index contributed by atoms with van der Waals surface area (Å²) in [5.74, 6) is 4.39. The largest absolute Gasteiger partial charge is 0.490 e. The minimum absolute atomic E-state index is 0.672. The molecular weight excluding hydrogens is 438 g/mol. The van der Waals surface area contributed by atoms with E-state index in [0.29, 0.717) is 6.61 Å². The highest BCUT2D eigenvalue weighted by molar-refractivity contribution is 5.89. The number of nitrogens with one attached hydrogen (secondary N) is 2. The Kier molecular flexibility index (Phi) is 10.6. The average molecular weight is 480 g/mol. The van der Waals surface area contributed by atoms with Crippen LogP contribution in [0, 0.1) is 18.8 Å². The van der Waals surface area contributed by atoms with Crippen LogP contribution in [0.1, 0.15) is 38.4 Å². The van der Waals surface area contributed by atoms with Gasteiger partial charge in [-0.2, -0.15) is 0 Å². The van der Waals surface area contributed by atoms with E-state index in [1.807, 2.05) is 74.4 Å². The SMILES string of the molecule is CONc1ccccc1OCCNCC1CCC(C)CC1.Cc1nc(N(C)C)c2ccccc2n1. The zero-order valence-corrected chi connectivity index (χ0v) is 21.9. The lowest BCUT2D eigenvalue weighted by Gasteiger charge is -2.26. The fourth-order valence-corrected chi connectivity index (χ4v) is 4.37. The highest BCUT2D eigenvalue weighted by Gasteiger charge is 2.17. The number of rotatable bonds is 9. The van der Waals surface area contributed by atoms with Crippen molar-refractivity contribution in [2.45, 2.75) is 39.5 Å². The van der Waals surface area contributed by atoms with E-state index in [0.717, 1.165) is 58.9 Å². The summed E-state index contributed by atoms with van der Waals surface area (Å²) in [5, 5.41) is 4.62. The quantitative estimate of drug-likeness (QED) is 0.312. The number of benzene rings is 2. The first kappa shape index (κ1) is 26.7. The summed E-state index contributed by atoms with van der Waals surface area (Å²) in [6.07, 6.45) is 5.52. The van der Waals surface area contributed by atoms with Crippen LogP contribution >= 0.6 is 0 Å². The minimum atomic E-state index is 0.672. The van der Waals surface area contributed by atoms with Gasteiger partial charge < -0.3 is 15.0 Å². The number of hydrogen-bond donors (Lipinski definition) is 2. The molecule has 0 aliphatic heterocycles. The van der Waals surface area contributed by atoms with Crippen molar-refractivity contribution in [1.82, 2.24) is 15.3 Å². The van der Waals surface area contributed by atoms with Gasteiger partial charge in [-0.05, 0) is 62.4 Å². The highest BCUT2D eigenvalue weighted by atomic mass is 16.6. The van der Waals surface area contributed by atoms with Gasteiger partial charge in [-0.15, -0.1) is 0 Å². The smallest absolute Gasteiger partial charge is 0.144 e. The average Bonchev–Trinajstić information content (AvgIpc) is 2.86. The Labute approximate surface area is 210 Å². The maximum atomic E-state index is 5.79. The van der Waals surface area contributed by atoms with Crippen LogP contribution in [0.3, 0.4) is 0 Å². The summed E-state index contributed by atoms with van der Waals surface area (Å²) in [4.78, 5) is 15.7. The summed E-state index contributed by atoms with van der Waals surface area (Å²) >= 11 is 0. The number of para-hydroxylation sites is 3. The molecule has 0 atom stereocenters. The molecule has 190 valence electrons. The molecule has 1 aromatic heterocycles. The van der Waals surface area contributed by atoms with E-state index in [4.69, 9.17) is 9.57 Å². The summed E-state index contributed by atoms with van der Waals surface area (Å²) in [6.45, 7) is 6.95. The van der Waals surface area contributed by atoms with Crippen molar-refractivity contribution in [2.24, 2.45) is 11.8 Å². The molecule has 2 N–H and O–H groups in total. The van der Waals surface area contributed by atoms with Crippen LogP contribution in [0.5, 0.6) is 5.75 Å². The normalized spacial score (nSPS) is 17.4. The molecule has 35 heavy (non-hydrogen) atoms. The van der Waals surface area contributed by atoms with Crippen molar-refractivity contribution in [3.8, 4) is 5.75 Å². The van der Waals surface area contributed by atoms with Crippen LogP contribution < -0.4 is 20.4 Å². The lowest BCUT2D eigenvalue weighted by Crippen LogP contribution is -2.29. The van der Waals surface area contributed by atoms with Gasteiger partial charge in [0.15, 0.2) is 0 Å². The number of nitrogens with zero attached hydrogens (tertiary/aromatic N) is 3. The van der Waals surface area contributed by atoms with Crippen molar-refractivity contribution in [1.29, 1.82) is 0 Å². The molecule has 1 aliphatic rings. The molecule has 0 unspecified atom stereocenters. The van der Waals surface area contributed by atoms with E-state index >= 15 is 0 Å². The zero-order chi connectivity index (χ0) is 25.0. The second kappa shape index (κ2) is 13.9. The van der Waals surface area contributed by atoms with E-state index in [1.54, 1.807) is 7.11 Å². The Morgan fingerprint density at radius 1 is 0.971 bits per heavy atom. The van der Waals surface area contributed by atoms with E-state index in [2.05, 4.69) is 27.7 Å². The first-order valence-electron chi connectivity index (χ1n) is 12.6. The lowest BCUT2D eigenvalue weighted by atomic mass is 9.83. The van der Waals surface area contributed by atoms with Crippen LogP contribution in [0.25, 0.3) is 10.9 Å². The number of hydrogen-bond acceptors (Lipinski definition) is 7. The molecule has 0 bridgehead atoms. The topological polar surface area (TPSA) is 71.5 Å². The Hall–Kier alpha value is -2.90. The molecule has 7 heteroatoms. The number of anilines is 2. The standard InChI is InChI=1S/C17H28N2O2.C11H13N3/c1-14-7-9-15(10-8-14)13-18-11-12-21-17-6-4-3-5-16(17)19-20-2;1-8-12-10-7-5-4-6-9(10)11(13-8)14(2)3/h3-6,14-15,18-19H,7-13H2,1-2H3;4-7H,1-3H3. The Morgan fingerprint density at radius 2 is 1.69 bits per heavy atom. The third-order valence-corrected chi connectivity index (χ3v) is 6.32. The van der Waals surface area contributed by atoms with Gasteiger partial charge in [-0.3, -0.25) is 10.3 Å². The molecule has 0 amide bonds. The van der Waals surface area contributed by atoms with Crippen molar-refractivity contribution in [3.05, 3.63) is 54.4 Å². The van der Waals surface area contributed by atoms with Crippen LogP contribution in [-0.2, 0) is 4.84 Å². The van der Waals surface area contributed by atoms with Gasteiger partial charge in [-0.1, -0.05) is 44.0 Å². The molecule has 0 spiro atoms. The predicted molar refractivity (Wildman–Crippen MR) is 145 cm³/mol. The monoisotopic (exact) mass is 479 g/mol. The fraction of sp³-hybridized carbons (Fsp3) is 0.500. The fourth-order valence-electron chi connectivity index (χ4n) is 4.37. The second-order valence-electron chi connectivity index (χ2n) is 9.49. The molecule has 0 radical (unpaired) electrons. The molecule has 3 aromatic rings. The number of aromatic nitrogens is 2. The second-order valence-corrected chi connectivity index (χ2v) is 9.49. The predicted octanol–water partition coefficient (Wildman–Crippen LogP) is 5.46. The van der Waals surface area contributed by atoms with Gasteiger partial charge in [0.25, 0.3) is 0 Å². The van der Waals surface area contributed by atoms with Gasteiger partial charge in [0.1, 0.15) is 29.7 Å². The van der Waals surface area contributed by atoms with Gasteiger partial charge in [0.2, 0.25) is 0 Å². The first-order valence-corrected chi connectivity index (χ1v) is 12.6. The van der Waals surface area contributed by atoms with Crippen LogP contribution in [0.4, 0.5) is 11.5 Å². The third kappa shape index (κ3) is 8.37. The Morgan fingerprint density at radius 3 is 2.43 bits per heavy atom. The molecule has 1 aliphatic carbocycles. The highest BCUT2D eigenvalue weighted by Crippen LogP contribution is 2.27. The maximum Gasteiger partial charge on any atom is 0.144 e. The van der Waals surface area contributed by atoms with E-state index in [-0.39, 0.29) is 0 Å². The Balaban J connectivity index is 0.000000211. The summed E-state index contributed by atoms with van der Waals surface area (Å²) < 4.78 is 5.79. The maximum absolute atomic E-state index is 5.79. The van der Waals surface area contributed by atoms with E-state index < -0.39 is 0 Å². The molecule has 1 heterocycles. The van der Waals surface area contributed by atoms with Gasteiger partial charge in [0, 0.05) is 26.0 Å². The van der Waals surface area contributed by atoms with Crippen LogP contribution in [0.15, 0.2) is 48.5 Å². The number of fused-ring (bicyclic) bond motifs is 1. The van der Waals surface area contributed by atoms with Crippen molar-refractivity contribution < 1.29 is 9.57 Å². The van der Waals surface area contributed by atoms with Crippen LogP contribution in [0.2, 0.25) is 0 Å². The lowest BCUT2D eigenvalue weighted by molar-refractivity contribution is 0.258. The zero-order valence-electron chi connectivity index (χ0n) is 21.9. The molecule has 2 aromatic carbocycles.